The zero-order valence-electron chi connectivity index (χ0n) is 11.9. The summed E-state index contributed by atoms with van der Waals surface area (Å²) >= 11 is 0. The highest BCUT2D eigenvalue weighted by atomic mass is 16.5. The number of anilines is 1. The fourth-order valence-electron chi connectivity index (χ4n) is 3.92. The average molecular weight is 289 g/mol. The molecule has 1 aromatic carbocycles. The van der Waals surface area contributed by atoms with E-state index < -0.39 is 17.8 Å². The summed E-state index contributed by atoms with van der Waals surface area (Å²) in [5.74, 6) is -0.827. The second-order valence-corrected chi connectivity index (χ2v) is 5.94. The normalized spacial score (nSPS) is 30.1. The lowest BCUT2D eigenvalue weighted by molar-refractivity contribution is -0.148. The lowest BCUT2D eigenvalue weighted by Gasteiger charge is -2.27. The maximum atomic E-state index is 12.5. The van der Waals surface area contributed by atoms with Crippen LogP contribution in [-0.2, 0) is 9.59 Å². The van der Waals surface area contributed by atoms with E-state index in [1.165, 1.54) is 0 Å². The molecule has 2 fully saturated rings. The van der Waals surface area contributed by atoms with Gasteiger partial charge in [0.1, 0.15) is 5.75 Å². The number of fused-ring (bicyclic) bond motifs is 2. The summed E-state index contributed by atoms with van der Waals surface area (Å²) in [6.07, 6.45) is 2.78. The number of amides is 1. The van der Waals surface area contributed by atoms with Gasteiger partial charge in [-0.1, -0.05) is 0 Å². The standard InChI is InChI=1S/C16H19NO4/c1-21-12-6-4-11(5-7-12)17-15(18)13-9-2-3-10(8-9)14(13)16(19)20/h4-7,9-10,13-14H,2-3,8H2,1H3,(H,17,18)(H,19,20)/t9-,10-,13+,14-/m0/s1. The SMILES string of the molecule is COc1ccc(NC(=O)[C@@H]2[C@H]3CC[C@@H](C3)[C@@H]2C(=O)O)cc1. The molecule has 2 N–H and O–H groups in total. The van der Waals surface area contributed by atoms with E-state index in [1.54, 1.807) is 31.4 Å². The van der Waals surface area contributed by atoms with Crippen molar-refractivity contribution in [2.45, 2.75) is 19.3 Å². The molecule has 2 aliphatic rings. The van der Waals surface area contributed by atoms with E-state index in [9.17, 15) is 14.7 Å². The van der Waals surface area contributed by atoms with Gasteiger partial charge in [-0.25, -0.2) is 0 Å². The monoisotopic (exact) mass is 289 g/mol. The van der Waals surface area contributed by atoms with E-state index in [1.807, 2.05) is 0 Å². The highest BCUT2D eigenvalue weighted by molar-refractivity contribution is 5.96. The van der Waals surface area contributed by atoms with E-state index >= 15 is 0 Å². The molecule has 2 saturated carbocycles. The summed E-state index contributed by atoms with van der Waals surface area (Å²) in [4.78, 5) is 23.9. The van der Waals surface area contributed by atoms with Gasteiger partial charge in [-0.05, 0) is 55.4 Å². The third-order valence-corrected chi connectivity index (χ3v) is 4.86. The Kier molecular flexibility index (Phi) is 3.57. The van der Waals surface area contributed by atoms with Gasteiger partial charge in [0.15, 0.2) is 0 Å². The second-order valence-electron chi connectivity index (χ2n) is 5.94. The van der Waals surface area contributed by atoms with Gasteiger partial charge in [0, 0.05) is 5.69 Å². The zero-order valence-corrected chi connectivity index (χ0v) is 11.9. The van der Waals surface area contributed by atoms with Gasteiger partial charge < -0.3 is 15.2 Å². The van der Waals surface area contributed by atoms with E-state index in [-0.39, 0.29) is 17.7 Å². The van der Waals surface area contributed by atoms with E-state index in [0.717, 1.165) is 25.0 Å². The van der Waals surface area contributed by atoms with Crippen molar-refractivity contribution in [2.75, 3.05) is 12.4 Å². The van der Waals surface area contributed by atoms with Gasteiger partial charge in [-0.3, -0.25) is 9.59 Å². The molecule has 5 heteroatoms. The zero-order chi connectivity index (χ0) is 15.0. The molecule has 0 aromatic heterocycles. The second kappa shape index (κ2) is 5.39. The molecule has 0 heterocycles. The molecule has 0 unspecified atom stereocenters. The number of carbonyl (C=O) groups excluding carboxylic acids is 1. The molecule has 112 valence electrons. The van der Waals surface area contributed by atoms with Crippen LogP contribution in [0.3, 0.4) is 0 Å². The maximum Gasteiger partial charge on any atom is 0.307 e. The fourth-order valence-corrected chi connectivity index (χ4v) is 3.92. The van der Waals surface area contributed by atoms with Crippen LogP contribution in [0, 0.1) is 23.7 Å². The number of carbonyl (C=O) groups is 2. The van der Waals surface area contributed by atoms with Gasteiger partial charge in [0.05, 0.1) is 18.9 Å². The Bertz CT molecular complexity index is 554. The minimum absolute atomic E-state index is 0.166. The van der Waals surface area contributed by atoms with Crippen molar-refractivity contribution in [1.82, 2.24) is 0 Å². The molecular formula is C16H19NO4. The molecule has 4 atom stereocenters. The van der Waals surface area contributed by atoms with Crippen molar-refractivity contribution in [3.8, 4) is 5.75 Å². The molecule has 0 spiro atoms. The lowest BCUT2D eigenvalue weighted by Crippen LogP contribution is -2.37. The van der Waals surface area contributed by atoms with Crippen LogP contribution in [0.15, 0.2) is 24.3 Å². The van der Waals surface area contributed by atoms with Crippen LogP contribution in [0.1, 0.15) is 19.3 Å². The van der Waals surface area contributed by atoms with Crippen LogP contribution in [0.25, 0.3) is 0 Å². The molecule has 21 heavy (non-hydrogen) atoms. The third-order valence-electron chi connectivity index (χ3n) is 4.86. The van der Waals surface area contributed by atoms with Crippen LogP contribution >= 0.6 is 0 Å². The number of carboxylic acids is 1. The Morgan fingerprint density at radius 3 is 2.33 bits per heavy atom. The first kappa shape index (κ1) is 13.9. The minimum Gasteiger partial charge on any atom is -0.497 e. The molecule has 1 aromatic rings. The van der Waals surface area contributed by atoms with Crippen LogP contribution in [-0.4, -0.2) is 24.1 Å². The smallest absolute Gasteiger partial charge is 0.307 e. The molecule has 5 nitrogen and oxygen atoms in total. The Hall–Kier alpha value is -2.04. The predicted octanol–water partition coefficient (Wildman–Crippen LogP) is 2.38. The maximum absolute atomic E-state index is 12.5. The summed E-state index contributed by atoms with van der Waals surface area (Å²) < 4.78 is 5.07. The van der Waals surface area contributed by atoms with Gasteiger partial charge >= 0.3 is 5.97 Å². The summed E-state index contributed by atoms with van der Waals surface area (Å²) in [7, 11) is 1.58. The summed E-state index contributed by atoms with van der Waals surface area (Å²) in [6.45, 7) is 0. The number of methoxy groups -OCH3 is 1. The Labute approximate surface area is 123 Å². The average Bonchev–Trinajstić information content (AvgIpc) is 3.08. The molecule has 0 aliphatic heterocycles. The van der Waals surface area contributed by atoms with Crippen LogP contribution in [0.2, 0.25) is 0 Å². The largest absolute Gasteiger partial charge is 0.497 e. The number of ether oxygens (including phenoxy) is 1. The van der Waals surface area contributed by atoms with Crippen molar-refractivity contribution >= 4 is 17.6 Å². The van der Waals surface area contributed by atoms with Crippen LogP contribution < -0.4 is 10.1 Å². The van der Waals surface area contributed by atoms with E-state index in [0.29, 0.717) is 5.69 Å². The van der Waals surface area contributed by atoms with Crippen LogP contribution in [0.5, 0.6) is 5.75 Å². The number of carboxylic acid groups (broad SMARTS) is 1. The first-order valence-electron chi connectivity index (χ1n) is 7.28. The minimum atomic E-state index is -0.836. The van der Waals surface area contributed by atoms with Crippen LogP contribution in [0.4, 0.5) is 5.69 Å². The Morgan fingerprint density at radius 1 is 1.14 bits per heavy atom. The number of benzene rings is 1. The van der Waals surface area contributed by atoms with Gasteiger partial charge in [0.25, 0.3) is 0 Å². The van der Waals surface area contributed by atoms with Gasteiger partial charge in [-0.2, -0.15) is 0 Å². The lowest BCUT2D eigenvalue weighted by atomic mass is 9.78. The van der Waals surface area contributed by atoms with Crippen molar-refractivity contribution in [1.29, 1.82) is 0 Å². The first-order valence-corrected chi connectivity index (χ1v) is 7.28. The van der Waals surface area contributed by atoms with Crippen molar-refractivity contribution in [3.05, 3.63) is 24.3 Å². The predicted molar refractivity (Wildman–Crippen MR) is 77.1 cm³/mol. The molecular weight excluding hydrogens is 270 g/mol. The van der Waals surface area contributed by atoms with Gasteiger partial charge in [-0.15, -0.1) is 0 Å². The molecule has 0 radical (unpaired) electrons. The van der Waals surface area contributed by atoms with Crippen molar-refractivity contribution in [3.63, 3.8) is 0 Å². The number of hydrogen-bond donors (Lipinski definition) is 2. The summed E-state index contributed by atoms with van der Waals surface area (Å²) in [5, 5.41) is 12.2. The summed E-state index contributed by atoms with van der Waals surface area (Å²) in [5.41, 5.74) is 0.674. The molecule has 2 aliphatic carbocycles. The fraction of sp³-hybridized carbons (Fsp3) is 0.500. The number of nitrogens with one attached hydrogen (secondary N) is 1. The third kappa shape index (κ3) is 2.48. The quantitative estimate of drug-likeness (QED) is 0.892. The number of rotatable bonds is 4. The van der Waals surface area contributed by atoms with E-state index in [4.69, 9.17) is 4.74 Å². The molecule has 1 amide bonds. The Balaban J connectivity index is 1.73. The number of aliphatic carboxylic acids is 1. The highest BCUT2D eigenvalue weighted by Crippen LogP contribution is 2.52. The molecule has 0 saturated heterocycles. The highest BCUT2D eigenvalue weighted by Gasteiger charge is 2.53. The number of hydrogen-bond acceptors (Lipinski definition) is 3. The van der Waals surface area contributed by atoms with E-state index in [2.05, 4.69) is 5.32 Å². The molecule has 2 bridgehead atoms. The van der Waals surface area contributed by atoms with Crippen molar-refractivity contribution < 1.29 is 19.4 Å². The first-order chi connectivity index (χ1) is 10.1. The Morgan fingerprint density at radius 2 is 1.76 bits per heavy atom. The molecule has 3 rings (SSSR count). The van der Waals surface area contributed by atoms with Gasteiger partial charge in [0.2, 0.25) is 5.91 Å². The topological polar surface area (TPSA) is 75.6 Å². The van der Waals surface area contributed by atoms with Crippen molar-refractivity contribution in [2.24, 2.45) is 23.7 Å². The summed E-state index contributed by atoms with van der Waals surface area (Å²) in [6, 6.07) is 7.07.